The first-order valence-electron chi connectivity index (χ1n) is 8.02. The van der Waals surface area contributed by atoms with Gasteiger partial charge in [0.05, 0.1) is 6.04 Å². The van der Waals surface area contributed by atoms with Gasteiger partial charge in [0.15, 0.2) is 0 Å². The Kier molecular flexibility index (Phi) is 3.96. The van der Waals surface area contributed by atoms with Crippen molar-refractivity contribution in [2.24, 2.45) is 0 Å². The summed E-state index contributed by atoms with van der Waals surface area (Å²) in [5.41, 5.74) is 1.82. The van der Waals surface area contributed by atoms with Crippen LogP contribution in [0.25, 0.3) is 11.4 Å². The molecule has 2 fully saturated rings. The van der Waals surface area contributed by atoms with Gasteiger partial charge in [0.2, 0.25) is 12.2 Å². The van der Waals surface area contributed by atoms with Crippen molar-refractivity contribution in [2.75, 3.05) is 26.2 Å². The van der Waals surface area contributed by atoms with E-state index in [9.17, 15) is 9.59 Å². The molecule has 0 aliphatic carbocycles. The maximum atomic E-state index is 12.3. The summed E-state index contributed by atoms with van der Waals surface area (Å²) in [5.74, 6) is 0.529. The molecule has 4 rings (SSSR count). The zero-order valence-electron chi connectivity index (χ0n) is 13.4. The third kappa shape index (κ3) is 3.12. The van der Waals surface area contributed by atoms with Gasteiger partial charge in [-0.15, -0.1) is 0 Å². The molecule has 9 nitrogen and oxygen atoms in total. The highest BCUT2D eigenvalue weighted by Crippen LogP contribution is 2.18. The number of nitrogens with zero attached hydrogens (tertiary/aromatic N) is 4. The molecule has 3 heterocycles. The topological polar surface area (TPSA) is 101 Å². The fourth-order valence-corrected chi connectivity index (χ4v) is 3.03. The summed E-state index contributed by atoms with van der Waals surface area (Å²) in [4.78, 5) is 31.2. The van der Waals surface area contributed by atoms with Crippen LogP contribution in [0.2, 0.25) is 0 Å². The number of aromatic nitrogens is 2. The second-order valence-corrected chi connectivity index (χ2v) is 5.98. The first-order valence-corrected chi connectivity index (χ1v) is 8.02. The Morgan fingerprint density at radius 1 is 1.28 bits per heavy atom. The second kappa shape index (κ2) is 6.42. The fraction of sp³-hybridized carbons (Fsp3) is 0.375. The van der Waals surface area contributed by atoms with Gasteiger partial charge in [0.1, 0.15) is 6.61 Å². The lowest BCUT2D eigenvalue weighted by atomic mass is 10.1. The molecule has 2 aliphatic heterocycles. The number of hydrogen-bond acceptors (Lipinski definition) is 6. The summed E-state index contributed by atoms with van der Waals surface area (Å²) in [5, 5.41) is 6.69. The van der Waals surface area contributed by atoms with Gasteiger partial charge in [-0.1, -0.05) is 29.4 Å². The molecule has 1 N–H and O–H groups in total. The highest BCUT2D eigenvalue weighted by Gasteiger charge is 2.38. The number of benzene rings is 1. The van der Waals surface area contributed by atoms with Crippen LogP contribution in [0, 0.1) is 0 Å². The molecule has 0 radical (unpaired) electrons. The van der Waals surface area contributed by atoms with E-state index in [1.54, 1.807) is 9.80 Å². The molecule has 2 saturated heterocycles. The van der Waals surface area contributed by atoms with Crippen LogP contribution in [-0.4, -0.2) is 64.3 Å². The van der Waals surface area contributed by atoms with Gasteiger partial charge in [-0.3, -0.25) is 4.90 Å². The SMILES string of the molecule is O=C(NCc1ccc(-c2ncon2)cc1)N1CCN2C(=O)OCC2C1. The number of nitrogens with one attached hydrogen (secondary N) is 1. The molecular weight excluding hydrogens is 326 g/mol. The van der Waals surface area contributed by atoms with Gasteiger partial charge < -0.3 is 19.5 Å². The number of hydrogen-bond donors (Lipinski definition) is 1. The molecule has 3 amide bonds. The standard InChI is InChI=1S/C16H17N5O4/c22-15(20-5-6-21-13(8-20)9-24-16(21)23)17-7-11-1-3-12(4-2-11)14-18-10-25-19-14/h1-4,10,13H,5-9H2,(H,17,22). The maximum Gasteiger partial charge on any atom is 0.410 e. The van der Waals surface area contributed by atoms with Crippen LogP contribution in [0.15, 0.2) is 35.2 Å². The van der Waals surface area contributed by atoms with Gasteiger partial charge in [-0.05, 0) is 5.56 Å². The van der Waals surface area contributed by atoms with Gasteiger partial charge in [-0.25, -0.2) is 9.59 Å². The molecule has 1 aromatic carbocycles. The van der Waals surface area contributed by atoms with Crippen LogP contribution in [0.1, 0.15) is 5.56 Å². The third-order valence-electron chi connectivity index (χ3n) is 4.42. The number of piperazine rings is 1. The molecule has 1 unspecified atom stereocenters. The highest BCUT2D eigenvalue weighted by molar-refractivity contribution is 5.75. The van der Waals surface area contributed by atoms with Gasteiger partial charge in [-0.2, -0.15) is 4.98 Å². The summed E-state index contributed by atoms with van der Waals surface area (Å²) in [6, 6.07) is 7.41. The Labute approximate surface area is 143 Å². The average Bonchev–Trinajstić information content (AvgIpc) is 3.30. The molecular formula is C16H17N5O4. The van der Waals surface area contributed by atoms with Crippen LogP contribution in [0.3, 0.4) is 0 Å². The van der Waals surface area contributed by atoms with E-state index in [1.165, 1.54) is 6.39 Å². The number of urea groups is 1. The van der Waals surface area contributed by atoms with Crippen molar-refractivity contribution in [3.63, 3.8) is 0 Å². The number of amides is 3. The lowest BCUT2D eigenvalue weighted by molar-refractivity contribution is 0.127. The molecule has 9 heteroatoms. The van der Waals surface area contributed by atoms with Crippen molar-refractivity contribution < 1.29 is 18.8 Å². The number of carbonyl (C=O) groups is 2. The van der Waals surface area contributed by atoms with Crippen molar-refractivity contribution in [1.82, 2.24) is 25.3 Å². The zero-order chi connectivity index (χ0) is 17.2. The molecule has 130 valence electrons. The monoisotopic (exact) mass is 343 g/mol. The van der Waals surface area contributed by atoms with E-state index >= 15 is 0 Å². The third-order valence-corrected chi connectivity index (χ3v) is 4.42. The van der Waals surface area contributed by atoms with E-state index < -0.39 is 0 Å². The minimum Gasteiger partial charge on any atom is -0.447 e. The minimum absolute atomic E-state index is 0.0405. The van der Waals surface area contributed by atoms with Crippen LogP contribution in [0.5, 0.6) is 0 Å². The molecule has 0 saturated carbocycles. The molecule has 1 aromatic heterocycles. The maximum absolute atomic E-state index is 12.3. The smallest absolute Gasteiger partial charge is 0.410 e. The first-order chi connectivity index (χ1) is 12.2. The first kappa shape index (κ1) is 15.4. The predicted octanol–water partition coefficient (Wildman–Crippen LogP) is 1.08. The Bertz CT molecular complexity index is 761. The normalized spacial score (nSPS) is 19.5. The van der Waals surface area contributed by atoms with E-state index in [2.05, 4.69) is 15.5 Å². The molecule has 0 spiro atoms. The number of cyclic esters (lactones) is 1. The number of ether oxygens (including phenoxy) is 1. The number of fused-ring (bicyclic) bond motifs is 1. The predicted molar refractivity (Wildman–Crippen MR) is 85.4 cm³/mol. The van der Waals surface area contributed by atoms with Gasteiger partial charge >= 0.3 is 12.1 Å². The molecule has 25 heavy (non-hydrogen) atoms. The Hall–Kier alpha value is -3.10. The van der Waals surface area contributed by atoms with Crippen molar-refractivity contribution in [3.05, 3.63) is 36.2 Å². The lowest BCUT2D eigenvalue weighted by Gasteiger charge is -2.35. The van der Waals surface area contributed by atoms with Crippen molar-refractivity contribution in [3.8, 4) is 11.4 Å². The largest absolute Gasteiger partial charge is 0.447 e. The number of rotatable bonds is 3. The van der Waals surface area contributed by atoms with E-state index in [4.69, 9.17) is 9.26 Å². The van der Waals surface area contributed by atoms with Gasteiger partial charge in [0, 0.05) is 31.7 Å². The fourth-order valence-electron chi connectivity index (χ4n) is 3.03. The van der Waals surface area contributed by atoms with Gasteiger partial charge in [0.25, 0.3) is 0 Å². The Morgan fingerprint density at radius 2 is 2.12 bits per heavy atom. The number of carbonyl (C=O) groups excluding carboxylic acids is 2. The molecule has 1 atom stereocenters. The van der Waals surface area contributed by atoms with E-state index in [-0.39, 0.29) is 18.2 Å². The highest BCUT2D eigenvalue weighted by atomic mass is 16.6. The van der Waals surface area contributed by atoms with Crippen LogP contribution >= 0.6 is 0 Å². The van der Waals surface area contributed by atoms with Crippen molar-refractivity contribution >= 4 is 12.1 Å². The Balaban J connectivity index is 1.31. The minimum atomic E-state index is -0.285. The lowest BCUT2D eigenvalue weighted by Crippen LogP contribution is -2.55. The van der Waals surface area contributed by atoms with E-state index in [0.717, 1.165) is 11.1 Å². The molecule has 2 aromatic rings. The van der Waals surface area contributed by atoms with Crippen LogP contribution < -0.4 is 5.32 Å². The van der Waals surface area contributed by atoms with Crippen molar-refractivity contribution in [1.29, 1.82) is 0 Å². The van der Waals surface area contributed by atoms with E-state index in [1.807, 2.05) is 24.3 Å². The van der Waals surface area contributed by atoms with Crippen LogP contribution in [0.4, 0.5) is 9.59 Å². The van der Waals surface area contributed by atoms with E-state index in [0.29, 0.717) is 38.6 Å². The van der Waals surface area contributed by atoms with Crippen LogP contribution in [-0.2, 0) is 11.3 Å². The zero-order valence-corrected chi connectivity index (χ0v) is 13.4. The average molecular weight is 343 g/mol. The van der Waals surface area contributed by atoms with Crippen molar-refractivity contribution in [2.45, 2.75) is 12.6 Å². The summed E-state index contributed by atoms with van der Waals surface area (Å²) >= 11 is 0. The quantitative estimate of drug-likeness (QED) is 0.895. The second-order valence-electron chi connectivity index (χ2n) is 5.98. The Morgan fingerprint density at radius 3 is 2.88 bits per heavy atom. The summed E-state index contributed by atoms with van der Waals surface area (Å²) < 4.78 is 9.74. The summed E-state index contributed by atoms with van der Waals surface area (Å²) in [6.45, 7) is 2.28. The summed E-state index contributed by atoms with van der Waals surface area (Å²) in [6.07, 6.45) is 0.998. The molecule has 2 aliphatic rings. The molecule has 0 bridgehead atoms. The summed E-state index contributed by atoms with van der Waals surface area (Å²) in [7, 11) is 0.